The number of fused-ring (bicyclic) bond motifs is 2. The van der Waals surface area contributed by atoms with Gasteiger partial charge in [-0.05, 0) is 65.8 Å². The molecule has 6 heteroatoms. The molecule has 2 unspecified atom stereocenters. The van der Waals surface area contributed by atoms with Gasteiger partial charge in [-0.3, -0.25) is 4.79 Å². The largest absolute Gasteiger partial charge is 0.492 e. The number of rotatable bonds is 6. The molecule has 3 aromatic rings. The fourth-order valence-electron chi connectivity index (χ4n) is 4.97. The number of hydrogen-bond acceptors (Lipinski definition) is 5. The number of benzene rings is 3. The van der Waals surface area contributed by atoms with Crippen molar-refractivity contribution < 1.29 is 23.4 Å². The van der Waals surface area contributed by atoms with E-state index in [-0.39, 0.29) is 30.2 Å². The van der Waals surface area contributed by atoms with Gasteiger partial charge in [-0.2, -0.15) is 5.26 Å². The zero-order chi connectivity index (χ0) is 23.7. The van der Waals surface area contributed by atoms with E-state index in [9.17, 15) is 14.4 Å². The minimum Gasteiger partial charge on any atom is -0.492 e. The van der Waals surface area contributed by atoms with Crippen molar-refractivity contribution >= 4 is 5.97 Å². The standard InChI is InChI=1S/C28H24FNO4/c1-32-28(31)13-19-16-33-27-14-21(6-8-22(19)27)34-26-10-9-23-24(26)7-5-18(15-30)25(23)12-17-3-2-4-20(29)11-17/h2-8,11,14,19,26H,9-10,12-13,16H2,1H3. The Morgan fingerprint density at radius 2 is 2.03 bits per heavy atom. The molecular formula is C28H24FNO4. The van der Waals surface area contributed by atoms with Crippen LogP contribution in [0.25, 0.3) is 0 Å². The van der Waals surface area contributed by atoms with Crippen LogP contribution in [-0.2, 0) is 22.4 Å². The Bertz CT molecular complexity index is 1300. The molecule has 0 saturated heterocycles. The van der Waals surface area contributed by atoms with Gasteiger partial charge in [0.15, 0.2) is 0 Å². The minimum atomic E-state index is -0.280. The Hall–Kier alpha value is -3.85. The van der Waals surface area contributed by atoms with E-state index in [2.05, 4.69) is 6.07 Å². The molecule has 172 valence electrons. The molecule has 1 aliphatic heterocycles. The second kappa shape index (κ2) is 9.18. The fourth-order valence-corrected chi connectivity index (χ4v) is 4.97. The normalized spacial score (nSPS) is 17.9. The molecule has 0 saturated carbocycles. The van der Waals surface area contributed by atoms with E-state index in [1.165, 1.54) is 19.2 Å². The molecule has 0 N–H and O–H groups in total. The molecular weight excluding hydrogens is 433 g/mol. The van der Waals surface area contributed by atoms with Crippen molar-refractivity contribution in [3.05, 3.63) is 93.8 Å². The van der Waals surface area contributed by atoms with Gasteiger partial charge in [0.1, 0.15) is 23.4 Å². The molecule has 5 nitrogen and oxygen atoms in total. The molecule has 0 aromatic heterocycles. The van der Waals surface area contributed by atoms with Crippen molar-refractivity contribution in [1.82, 2.24) is 0 Å². The lowest BCUT2D eigenvalue weighted by molar-refractivity contribution is -0.141. The first-order valence-corrected chi connectivity index (χ1v) is 11.3. The number of carbonyl (C=O) groups excluding carboxylic acids is 1. The summed E-state index contributed by atoms with van der Waals surface area (Å²) in [5.74, 6) is 0.883. The first-order chi connectivity index (χ1) is 16.6. The van der Waals surface area contributed by atoms with Crippen molar-refractivity contribution in [1.29, 1.82) is 5.26 Å². The SMILES string of the molecule is COC(=O)CC1COc2cc(OC3CCc4c3ccc(C#N)c4Cc3cccc(F)c3)ccc21. The highest BCUT2D eigenvalue weighted by Crippen LogP contribution is 2.42. The Morgan fingerprint density at radius 1 is 1.18 bits per heavy atom. The van der Waals surface area contributed by atoms with Crippen LogP contribution in [0.5, 0.6) is 11.5 Å². The predicted molar refractivity (Wildman–Crippen MR) is 123 cm³/mol. The van der Waals surface area contributed by atoms with Crippen molar-refractivity contribution in [3.8, 4) is 17.6 Å². The van der Waals surface area contributed by atoms with Gasteiger partial charge in [-0.25, -0.2) is 4.39 Å². The third kappa shape index (κ3) is 4.22. The molecule has 1 aliphatic carbocycles. The van der Waals surface area contributed by atoms with Crippen LogP contribution in [0.3, 0.4) is 0 Å². The number of ether oxygens (including phenoxy) is 3. The lowest BCUT2D eigenvalue weighted by Gasteiger charge is -2.17. The molecule has 0 fully saturated rings. The fraction of sp³-hybridized carbons (Fsp3) is 0.286. The Labute approximate surface area is 197 Å². The van der Waals surface area contributed by atoms with Crippen LogP contribution in [0, 0.1) is 17.1 Å². The van der Waals surface area contributed by atoms with Crippen molar-refractivity contribution in [2.45, 2.75) is 37.7 Å². The third-order valence-corrected chi connectivity index (χ3v) is 6.65. The van der Waals surface area contributed by atoms with Gasteiger partial charge in [0.2, 0.25) is 0 Å². The van der Waals surface area contributed by atoms with Gasteiger partial charge in [0, 0.05) is 17.5 Å². The third-order valence-electron chi connectivity index (χ3n) is 6.65. The first kappa shape index (κ1) is 22.0. The summed E-state index contributed by atoms with van der Waals surface area (Å²) in [7, 11) is 1.39. The average molecular weight is 458 g/mol. The van der Waals surface area contributed by atoms with Gasteiger partial charge in [0.05, 0.1) is 31.8 Å². The van der Waals surface area contributed by atoms with Crippen LogP contribution in [0.2, 0.25) is 0 Å². The van der Waals surface area contributed by atoms with Crippen LogP contribution in [-0.4, -0.2) is 19.7 Å². The topological polar surface area (TPSA) is 68.6 Å². The molecule has 5 rings (SSSR count). The van der Waals surface area contributed by atoms with Gasteiger partial charge in [-0.15, -0.1) is 0 Å². The molecule has 34 heavy (non-hydrogen) atoms. The van der Waals surface area contributed by atoms with E-state index in [1.54, 1.807) is 6.07 Å². The molecule has 0 bridgehead atoms. The Morgan fingerprint density at radius 3 is 2.82 bits per heavy atom. The maximum atomic E-state index is 13.7. The predicted octanol–water partition coefficient (Wildman–Crippen LogP) is 5.39. The van der Waals surface area contributed by atoms with Crippen LogP contribution < -0.4 is 9.47 Å². The molecule has 1 heterocycles. The Kier molecular flexibility index (Phi) is 5.93. The summed E-state index contributed by atoms with van der Waals surface area (Å²) in [4.78, 5) is 11.7. The number of esters is 1. The van der Waals surface area contributed by atoms with Crippen LogP contribution in [0.4, 0.5) is 4.39 Å². The smallest absolute Gasteiger partial charge is 0.306 e. The number of nitrogens with zero attached hydrogens (tertiary/aromatic N) is 1. The maximum absolute atomic E-state index is 13.7. The highest BCUT2D eigenvalue weighted by Gasteiger charge is 2.30. The number of methoxy groups -OCH3 is 1. The summed E-state index contributed by atoms with van der Waals surface area (Å²) in [5.41, 5.74) is 5.57. The lowest BCUT2D eigenvalue weighted by atomic mass is 9.92. The maximum Gasteiger partial charge on any atom is 0.306 e. The Balaban J connectivity index is 1.38. The molecule has 0 amide bonds. The zero-order valence-electron chi connectivity index (χ0n) is 18.8. The molecule has 0 spiro atoms. The van der Waals surface area contributed by atoms with Gasteiger partial charge < -0.3 is 14.2 Å². The summed E-state index contributed by atoms with van der Waals surface area (Å²) in [5, 5.41) is 9.67. The highest BCUT2D eigenvalue weighted by molar-refractivity contribution is 5.71. The van der Waals surface area contributed by atoms with Crippen molar-refractivity contribution in [2.24, 2.45) is 0 Å². The van der Waals surface area contributed by atoms with Gasteiger partial charge in [0.25, 0.3) is 0 Å². The zero-order valence-corrected chi connectivity index (χ0v) is 18.8. The van der Waals surface area contributed by atoms with Crippen LogP contribution in [0.1, 0.15) is 58.2 Å². The summed E-state index contributed by atoms with van der Waals surface area (Å²) in [6, 6.07) is 18.3. The van der Waals surface area contributed by atoms with E-state index in [0.717, 1.165) is 46.4 Å². The average Bonchev–Trinajstić information content (AvgIpc) is 3.43. The number of halogens is 1. The quantitative estimate of drug-likeness (QED) is 0.464. The monoisotopic (exact) mass is 457 g/mol. The van der Waals surface area contributed by atoms with E-state index < -0.39 is 0 Å². The van der Waals surface area contributed by atoms with Crippen molar-refractivity contribution in [3.63, 3.8) is 0 Å². The summed E-state index contributed by atoms with van der Waals surface area (Å²) in [6.45, 7) is 0.445. The summed E-state index contributed by atoms with van der Waals surface area (Å²) < 4.78 is 30.6. The molecule has 0 radical (unpaired) electrons. The molecule has 2 atom stereocenters. The van der Waals surface area contributed by atoms with E-state index in [1.807, 2.05) is 36.4 Å². The van der Waals surface area contributed by atoms with E-state index in [4.69, 9.17) is 14.2 Å². The number of hydrogen-bond donors (Lipinski definition) is 0. The molecule has 2 aliphatic rings. The minimum absolute atomic E-state index is 0.0153. The van der Waals surface area contributed by atoms with Gasteiger partial charge in [-0.1, -0.05) is 24.3 Å². The number of nitriles is 1. The highest BCUT2D eigenvalue weighted by atomic mass is 19.1. The molecule has 3 aromatic carbocycles. The first-order valence-electron chi connectivity index (χ1n) is 11.3. The summed E-state index contributed by atoms with van der Waals surface area (Å²) >= 11 is 0. The van der Waals surface area contributed by atoms with E-state index in [0.29, 0.717) is 24.3 Å². The van der Waals surface area contributed by atoms with Crippen molar-refractivity contribution in [2.75, 3.05) is 13.7 Å². The van der Waals surface area contributed by atoms with Gasteiger partial charge >= 0.3 is 5.97 Å². The van der Waals surface area contributed by atoms with Crippen LogP contribution in [0.15, 0.2) is 54.6 Å². The second-order valence-electron chi connectivity index (χ2n) is 8.71. The van der Waals surface area contributed by atoms with Crippen LogP contribution >= 0.6 is 0 Å². The number of carbonyl (C=O) groups is 1. The summed E-state index contributed by atoms with van der Waals surface area (Å²) in [6.07, 6.45) is 2.24. The van der Waals surface area contributed by atoms with E-state index >= 15 is 0 Å². The second-order valence-corrected chi connectivity index (χ2v) is 8.71. The lowest BCUT2D eigenvalue weighted by Crippen LogP contribution is -2.09.